The Kier molecular flexibility index (Phi) is 4.39. The Bertz CT molecular complexity index is 704. The van der Waals surface area contributed by atoms with Crippen LogP contribution in [0.2, 0.25) is 0 Å². The summed E-state index contributed by atoms with van der Waals surface area (Å²) in [7, 11) is 0. The van der Waals surface area contributed by atoms with Crippen molar-refractivity contribution in [3.8, 4) is 5.88 Å². The molecule has 2 aromatic rings. The molecule has 0 aliphatic carbocycles. The molecule has 0 spiro atoms. The summed E-state index contributed by atoms with van der Waals surface area (Å²) in [5.74, 6) is 0.643. The van der Waals surface area contributed by atoms with Gasteiger partial charge in [-0.3, -0.25) is 14.7 Å². The molecule has 2 aromatic heterocycles. The molecular formula is C14H19N5O4. The van der Waals surface area contributed by atoms with Gasteiger partial charge in [-0.15, -0.1) is 0 Å². The summed E-state index contributed by atoms with van der Waals surface area (Å²) in [5, 5.41) is 11.7. The van der Waals surface area contributed by atoms with Crippen LogP contribution in [0.4, 0.5) is 5.95 Å². The van der Waals surface area contributed by atoms with E-state index in [1.807, 2.05) is 13.8 Å². The maximum absolute atomic E-state index is 10.7. The number of imidazole rings is 1. The van der Waals surface area contributed by atoms with E-state index >= 15 is 0 Å². The first-order valence-electron chi connectivity index (χ1n) is 7.51. The van der Waals surface area contributed by atoms with E-state index in [0.29, 0.717) is 30.1 Å². The zero-order valence-corrected chi connectivity index (χ0v) is 13.0. The number of rotatable bonds is 6. The zero-order valence-electron chi connectivity index (χ0n) is 13.0. The van der Waals surface area contributed by atoms with Crippen LogP contribution in [0.1, 0.15) is 26.5 Å². The SMILES string of the molecule is CCOc1nc(NC=O)nc2c1ncn2C1OC(CO)CC1C. The Labute approximate surface area is 132 Å². The van der Waals surface area contributed by atoms with Crippen LogP contribution in [0.25, 0.3) is 11.2 Å². The third kappa shape index (κ3) is 2.84. The summed E-state index contributed by atoms with van der Waals surface area (Å²) in [5.41, 5.74) is 1.02. The summed E-state index contributed by atoms with van der Waals surface area (Å²) in [6.07, 6.45) is 2.39. The molecule has 3 atom stereocenters. The molecule has 3 unspecified atom stereocenters. The van der Waals surface area contributed by atoms with Gasteiger partial charge in [0.05, 0.1) is 25.6 Å². The number of hydrogen-bond acceptors (Lipinski definition) is 7. The standard InChI is InChI=1S/C14H19N5O4/c1-3-22-12-10-11(17-14(18-12)16-7-21)19(6-15-10)13-8(2)4-9(5-20)23-13/h6-9,13,20H,3-5H2,1-2H3,(H,16,17,18,21). The lowest BCUT2D eigenvalue weighted by Gasteiger charge is -2.17. The average molecular weight is 321 g/mol. The van der Waals surface area contributed by atoms with Gasteiger partial charge in [-0.25, -0.2) is 4.98 Å². The van der Waals surface area contributed by atoms with E-state index in [4.69, 9.17) is 9.47 Å². The van der Waals surface area contributed by atoms with E-state index in [2.05, 4.69) is 20.3 Å². The normalized spacial score (nSPS) is 24.0. The van der Waals surface area contributed by atoms with E-state index < -0.39 is 0 Å². The van der Waals surface area contributed by atoms with Crippen molar-refractivity contribution in [1.82, 2.24) is 19.5 Å². The highest BCUT2D eigenvalue weighted by molar-refractivity contribution is 5.79. The number of aromatic nitrogens is 4. The topological polar surface area (TPSA) is 111 Å². The van der Waals surface area contributed by atoms with Gasteiger partial charge in [0.15, 0.2) is 11.2 Å². The van der Waals surface area contributed by atoms with Crippen LogP contribution in [0, 0.1) is 5.92 Å². The molecule has 0 saturated carbocycles. The number of nitrogens with one attached hydrogen (secondary N) is 1. The van der Waals surface area contributed by atoms with Crippen LogP contribution in [0.3, 0.4) is 0 Å². The van der Waals surface area contributed by atoms with E-state index in [1.165, 1.54) is 0 Å². The summed E-state index contributed by atoms with van der Waals surface area (Å²) >= 11 is 0. The second-order valence-electron chi connectivity index (χ2n) is 5.42. The van der Waals surface area contributed by atoms with Gasteiger partial charge < -0.3 is 14.6 Å². The number of carbonyl (C=O) groups excluding carboxylic acids is 1. The zero-order chi connectivity index (χ0) is 16.4. The van der Waals surface area contributed by atoms with E-state index in [0.717, 1.165) is 6.42 Å². The van der Waals surface area contributed by atoms with Gasteiger partial charge >= 0.3 is 0 Å². The molecule has 9 heteroatoms. The lowest BCUT2D eigenvalue weighted by atomic mass is 10.1. The van der Waals surface area contributed by atoms with Gasteiger partial charge in [0, 0.05) is 5.92 Å². The number of nitrogens with zero attached hydrogens (tertiary/aromatic N) is 4. The second-order valence-corrected chi connectivity index (χ2v) is 5.42. The van der Waals surface area contributed by atoms with Crippen molar-refractivity contribution in [1.29, 1.82) is 0 Å². The summed E-state index contributed by atoms with van der Waals surface area (Å²) in [4.78, 5) is 23.5. The Hall–Kier alpha value is -2.26. The molecule has 3 heterocycles. The summed E-state index contributed by atoms with van der Waals surface area (Å²) in [6, 6.07) is 0. The van der Waals surface area contributed by atoms with Crippen LogP contribution in [0.5, 0.6) is 5.88 Å². The fourth-order valence-corrected chi connectivity index (χ4v) is 2.81. The molecule has 9 nitrogen and oxygen atoms in total. The molecule has 2 N–H and O–H groups in total. The highest BCUT2D eigenvalue weighted by atomic mass is 16.5. The summed E-state index contributed by atoms with van der Waals surface area (Å²) < 4.78 is 13.1. The Morgan fingerprint density at radius 2 is 2.39 bits per heavy atom. The molecule has 124 valence electrons. The minimum atomic E-state index is -0.286. The molecule has 0 bridgehead atoms. The third-order valence-corrected chi connectivity index (χ3v) is 3.79. The van der Waals surface area contributed by atoms with Crippen LogP contribution in [-0.2, 0) is 9.53 Å². The predicted molar refractivity (Wildman–Crippen MR) is 81.0 cm³/mol. The highest BCUT2D eigenvalue weighted by Gasteiger charge is 2.34. The van der Waals surface area contributed by atoms with E-state index in [9.17, 15) is 9.90 Å². The minimum Gasteiger partial charge on any atom is -0.476 e. The Balaban J connectivity index is 2.06. The molecule has 1 aliphatic rings. The fourth-order valence-electron chi connectivity index (χ4n) is 2.81. The van der Waals surface area contributed by atoms with Crippen molar-refractivity contribution in [3.05, 3.63) is 6.33 Å². The molecule has 1 saturated heterocycles. The van der Waals surface area contributed by atoms with Crippen LogP contribution in [-0.4, -0.2) is 50.4 Å². The Morgan fingerprint density at radius 1 is 1.57 bits per heavy atom. The Morgan fingerprint density at radius 3 is 3.04 bits per heavy atom. The van der Waals surface area contributed by atoms with E-state index in [1.54, 1.807) is 10.9 Å². The number of aliphatic hydroxyl groups excluding tert-OH is 1. The number of hydrogen-bond donors (Lipinski definition) is 2. The van der Waals surface area contributed by atoms with Crippen molar-refractivity contribution >= 4 is 23.5 Å². The first-order valence-corrected chi connectivity index (χ1v) is 7.51. The van der Waals surface area contributed by atoms with Crippen LogP contribution >= 0.6 is 0 Å². The van der Waals surface area contributed by atoms with Crippen molar-refractivity contribution < 1.29 is 19.4 Å². The molecule has 1 fully saturated rings. The minimum absolute atomic E-state index is 0.0232. The smallest absolute Gasteiger partial charge is 0.247 e. The molecule has 1 aliphatic heterocycles. The van der Waals surface area contributed by atoms with Crippen molar-refractivity contribution in [2.24, 2.45) is 5.92 Å². The van der Waals surface area contributed by atoms with Crippen molar-refractivity contribution in [2.75, 3.05) is 18.5 Å². The average Bonchev–Trinajstić information content (AvgIpc) is 3.11. The monoisotopic (exact) mass is 321 g/mol. The van der Waals surface area contributed by atoms with Gasteiger partial charge in [-0.2, -0.15) is 9.97 Å². The number of aliphatic hydroxyl groups is 1. The lowest BCUT2D eigenvalue weighted by Crippen LogP contribution is -2.16. The summed E-state index contributed by atoms with van der Waals surface area (Å²) in [6.45, 7) is 4.28. The molecule has 0 radical (unpaired) electrons. The fraction of sp³-hybridized carbons (Fsp3) is 0.571. The quantitative estimate of drug-likeness (QED) is 0.754. The number of ether oxygens (including phenoxy) is 2. The van der Waals surface area contributed by atoms with Crippen molar-refractivity contribution in [3.63, 3.8) is 0 Å². The van der Waals surface area contributed by atoms with Gasteiger partial charge in [0.1, 0.15) is 6.23 Å². The predicted octanol–water partition coefficient (Wildman–Crippen LogP) is 0.709. The van der Waals surface area contributed by atoms with Gasteiger partial charge in [-0.1, -0.05) is 6.92 Å². The number of fused-ring (bicyclic) bond motifs is 1. The first-order chi connectivity index (χ1) is 11.2. The molecule has 23 heavy (non-hydrogen) atoms. The lowest BCUT2D eigenvalue weighted by molar-refractivity contribution is -0.105. The highest BCUT2D eigenvalue weighted by Crippen LogP contribution is 2.36. The van der Waals surface area contributed by atoms with Crippen LogP contribution in [0.15, 0.2) is 6.33 Å². The largest absolute Gasteiger partial charge is 0.476 e. The maximum Gasteiger partial charge on any atom is 0.247 e. The second kappa shape index (κ2) is 6.47. The van der Waals surface area contributed by atoms with Crippen LogP contribution < -0.4 is 10.1 Å². The van der Waals surface area contributed by atoms with Crippen molar-refractivity contribution in [2.45, 2.75) is 32.6 Å². The third-order valence-electron chi connectivity index (χ3n) is 3.79. The number of amides is 1. The molecule has 1 amide bonds. The van der Waals surface area contributed by atoms with Gasteiger partial charge in [0.2, 0.25) is 18.2 Å². The number of anilines is 1. The van der Waals surface area contributed by atoms with E-state index in [-0.39, 0.29) is 30.8 Å². The van der Waals surface area contributed by atoms with Gasteiger partial charge in [-0.05, 0) is 13.3 Å². The molecular weight excluding hydrogens is 302 g/mol. The van der Waals surface area contributed by atoms with Gasteiger partial charge in [0.25, 0.3) is 0 Å². The first kappa shape index (κ1) is 15.6. The molecule has 3 rings (SSSR count). The molecule has 0 aromatic carbocycles. The number of carbonyl (C=O) groups is 1. The maximum atomic E-state index is 10.7.